The topological polar surface area (TPSA) is 146 Å². The van der Waals surface area contributed by atoms with Gasteiger partial charge in [-0.15, -0.1) is 0 Å². The third-order valence-electron chi connectivity index (χ3n) is 3.18. The molecule has 23 heavy (non-hydrogen) atoms. The fourth-order valence-electron chi connectivity index (χ4n) is 2.03. The number of nitrogens with one attached hydrogen (secondary N) is 1. The first-order valence-corrected chi connectivity index (χ1v) is 6.51. The van der Waals surface area contributed by atoms with E-state index in [0.29, 0.717) is 0 Å². The molecule has 5 unspecified atom stereocenters. The molecule has 1 aliphatic heterocycles. The second-order valence-corrected chi connectivity index (χ2v) is 4.83. The van der Waals surface area contributed by atoms with Gasteiger partial charge in [0.15, 0.2) is 6.10 Å². The molecule has 9 heteroatoms. The average Bonchev–Trinajstić information content (AvgIpc) is 2.55. The number of aliphatic carboxylic acids is 1. The number of hydrogen-bond acceptors (Lipinski definition) is 7. The quantitative estimate of drug-likeness (QED) is 0.468. The van der Waals surface area contributed by atoms with Crippen LogP contribution in [0.5, 0.6) is 5.75 Å². The minimum atomic E-state index is -2.81. The second kappa shape index (κ2) is 6.92. The van der Waals surface area contributed by atoms with Crippen molar-refractivity contribution in [2.24, 2.45) is 0 Å². The van der Waals surface area contributed by atoms with Gasteiger partial charge in [0.25, 0.3) is 0 Å². The molecule has 2 rings (SSSR count). The lowest BCUT2D eigenvalue weighted by Gasteiger charge is -2.38. The summed E-state index contributed by atoms with van der Waals surface area (Å²) in [7, 11) is 0. The first-order valence-electron chi connectivity index (χ1n) is 8.01. The number of carbonyl (C=O) groups excluding carboxylic acids is 1. The molecule has 1 aromatic carbocycles. The largest absolute Gasteiger partial charge is 0.479 e. The van der Waals surface area contributed by atoms with Crippen LogP contribution in [-0.4, -0.2) is 63.0 Å². The standard InChI is InChI=1S/C14H17NO8/c1-6(16)15-7-2-4-8(5-3-7)22-14-11(19)9(17)10(18)12(23-14)13(20)21/h2-5,9-12,14,17-19H,1H3,(H,15,16)(H,20,21)/i1D3. The van der Waals surface area contributed by atoms with Gasteiger partial charge in [0.05, 0.1) is 0 Å². The molecular formula is C14H17NO8. The molecule has 5 atom stereocenters. The molecule has 0 aromatic heterocycles. The highest BCUT2D eigenvalue weighted by atomic mass is 16.7. The number of aliphatic hydroxyl groups is 3. The molecule has 1 aliphatic rings. The molecule has 5 N–H and O–H groups in total. The van der Waals surface area contributed by atoms with Crippen molar-refractivity contribution in [2.45, 2.75) is 37.6 Å². The molecule has 1 saturated heterocycles. The normalized spacial score (nSPS) is 33.0. The maximum Gasteiger partial charge on any atom is 0.335 e. The fraction of sp³-hybridized carbons (Fsp3) is 0.429. The first-order chi connectivity index (χ1) is 12.0. The van der Waals surface area contributed by atoms with Crippen LogP contribution in [0.2, 0.25) is 0 Å². The number of amides is 1. The number of carbonyl (C=O) groups is 2. The minimum absolute atomic E-state index is 0.0775. The Hall–Kier alpha value is -2.20. The molecule has 1 fully saturated rings. The maximum absolute atomic E-state index is 11.4. The molecule has 1 amide bonds. The first kappa shape index (κ1) is 13.3. The van der Waals surface area contributed by atoms with E-state index in [-0.39, 0.29) is 11.4 Å². The van der Waals surface area contributed by atoms with E-state index >= 15 is 0 Å². The number of anilines is 1. The SMILES string of the molecule is [2H]C([2H])([2H])C(=O)Nc1ccc(OC2OC(C(=O)O)C(O)C(O)C2O)cc1. The van der Waals surface area contributed by atoms with Crippen LogP contribution in [0.15, 0.2) is 24.3 Å². The van der Waals surface area contributed by atoms with Crippen LogP contribution in [0.3, 0.4) is 0 Å². The van der Waals surface area contributed by atoms with Gasteiger partial charge in [0.2, 0.25) is 12.2 Å². The van der Waals surface area contributed by atoms with Crippen LogP contribution < -0.4 is 10.1 Å². The van der Waals surface area contributed by atoms with Crippen molar-refractivity contribution in [3.8, 4) is 5.75 Å². The van der Waals surface area contributed by atoms with Crippen LogP contribution in [0.25, 0.3) is 0 Å². The zero-order chi connectivity index (χ0) is 19.6. The summed E-state index contributed by atoms with van der Waals surface area (Å²) in [5.74, 6) is -2.63. The molecule has 0 bridgehead atoms. The minimum Gasteiger partial charge on any atom is -0.479 e. The molecular weight excluding hydrogens is 310 g/mol. The van der Waals surface area contributed by atoms with E-state index in [1.807, 2.05) is 0 Å². The van der Waals surface area contributed by atoms with E-state index in [4.69, 9.17) is 18.7 Å². The van der Waals surface area contributed by atoms with Gasteiger partial charge in [0.1, 0.15) is 24.1 Å². The Morgan fingerprint density at radius 1 is 1.17 bits per heavy atom. The molecule has 1 heterocycles. The van der Waals surface area contributed by atoms with E-state index in [1.165, 1.54) is 24.3 Å². The monoisotopic (exact) mass is 330 g/mol. The van der Waals surface area contributed by atoms with E-state index in [1.54, 1.807) is 0 Å². The lowest BCUT2D eigenvalue weighted by Crippen LogP contribution is -2.61. The second-order valence-electron chi connectivity index (χ2n) is 4.83. The van der Waals surface area contributed by atoms with Gasteiger partial charge < -0.3 is 35.2 Å². The van der Waals surface area contributed by atoms with Gasteiger partial charge in [-0.2, -0.15) is 0 Å². The zero-order valence-electron chi connectivity index (χ0n) is 14.6. The van der Waals surface area contributed by atoms with Crippen molar-refractivity contribution in [3.05, 3.63) is 24.3 Å². The number of benzene rings is 1. The van der Waals surface area contributed by atoms with Gasteiger partial charge in [-0.25, -0.2) is 4.79 Å². The van der Waals surface area contributed by atoms with Crippen LogP contribution in [0.1, 0.15) is 11.0 Å². The smallest absolute Gasteiger partial charge is 0.335 e. The van der Waals surface area contributed by atoms with Crippen LogP contribution in [-0.2, 0) is 14.3 Å². The van der Waals surface area contributed by atoms with Crippen molar-refractivity contribution < 1.29 is 43.6 Å². The molecule has 0 aliphatic carbocycles. The highest BCUT2D eigenvalue weighted by molar-refractivity contribution is 5.88. The summed E-state index contributed by atoms with van der Waals surface area (Å²) in [5.41, 5.74) is 0.169. The lowest BCUT2D eigenvalue weighted by atomic mass is 9.99. The average molecular weight is 330 g/mol. The molecule has 9 nitrogen and oxygen atoms in total. The van der Waals surface area contributed by atoms with Gasteiger partial charge in [-0.1, -0.05) is 0 Å². The van der Waals surface area contributed by atoms with E-state index in [9.17, 15) is 24.9 Å². The number of carboxylic acids is 1. The third-order valence-corrected chi connectivity index (χ3v) is 3.18. The molecule has 0 spiro atoms. The Labute approximate surface area is 135 Å². The summed E-state index contributed by atoms with van der Waals surface area (Å²) in [6, 6.07) is 5.24. The van der Waals surface area contributed by atoms with Crippen molar-refractivity contribution in [2.75, 3.05) is 5.32 Å². The van der Waals surface area contributed by atoms with Gasteiger partial charge in [0, 0.05) is 16.7 Å². The summed E-state index contributed by atoms with van der Waals surface area (Å²) in [4.78, 5) is 22.4. The van der Waals surface area contributed by atoms with E-state index in [2.05, 4.69) is 5.32 Å². The highest BCUT2D eigenvalue weighted by Gasteiger charge is 2.48. The number of aliphatic hydroxyl groups excluding tert-OH is 3. The molecule has 1 aromatic rings. The van der Waals surface area contributed by atoms with Crippen LogP contribution in [0, 0.1) is 0 Å². The highest BCUT2D eigenvalue weighted by Crippen LogP contribution is 2.25. The Morgan fingerprint density at radius 2 is 1.83 bits per heavy atom. The Kier molecular flexibility index (Phi) is 3.99. The van der Waals surface area contributed by atoms with Crippen LogP contribution in [0.4, 0.5) is 5.69 Å². The van der Waals surface area contributed by atoms with E-state index < -0.39 is 49.4 Å². The van der Waals surface area contributed by atoms with Crippen molar-refractivity contribution >= 4 is 17.6 Å². The predicted molar refractivity (Wildman–Crippen MR) is 75.7 cm³/mol. The summed E-state index contributed by atoms with van der Waals surface area (Å²) in [5, 5.41) is 40.3. The summed E-state index contributed by atoms with van der Waals surface area (Å²) >= 11 is 0. The number of hydrogen-bond donors (Lipinski definition) is 5. The Morgan fingerprint density at radius 3 is 2.39 bits per heavy atom. The molecule has 0 saturated carbocycles. The predicted octanol–water partition coefficient (Wildman–Crippen LogP) is -1.08. The number of rotatable bonds is 4. The molecule has 0 radical (unpaired) electrons. The van der Waals surface area contributed by atoms with Crippen molar-refractivity contribution in [1.29, 1.82) is 0 Å². The van der Waals surface area contributed by atoms with Crippen molar-refractivity contribution in [3.63, 3.8) is 0 Å². The lowest BCUT2D eigenvalue weighted by molar-refractivity contribution is -0.271. The summed E-state index contributed by atoms with van der Waals surface area (Å²) in [6.45, 7) is -2.81. The third kappa shape index (κ3) is 3.96. The van der Waals surface area contributed by atoms with Crippen LogP contribution >= 0.6 is 0 Å². The summed E-state index contributed by atoms with van der Waals surface area (Å²) in [6.07, 6.45) is -8.71. The Bertz CT molecular complexity index is 665. The van der Waals surface area contributed by atoms with Crippen molar-refractivity contribution in [1.82, 2.24) is 0 Å². The molecule has 126 valence electrons. The summed E-state index contributed by atoms with van der Waals surface area (Å²) < 4.78 is 31.1. The van der Waals surface area contributed by atoms with Gasteiger partial charge in [-0.3, -0.25) is 4.79 Å². The maximum atomic E-state index is 11.4. The number of ether oxygens (including phenoxy) is 2. The number of carboxylic acid groups (broad SMARTS) is 1. The zero-order valence-corrected chi connectivity index (χ0v) is 11.6. The van der Waals surface area contributed by atoms with E-state index in [0.717, 1.165) is 0 Å². The fourth-order valence-corrected chi connectivity index (χ4v) is 2.03. The van der Waals surface area contributed by atoms with Gasteiger partial charge >= 0.3 is 5.97 Å². The van der Waals surface area contributed by atoms with Gasteiger partial charge in [-0.05, 0) is 24.3 Å². The Balaban J connectivity index is 2.06.